The standard InChI is InChI=1S/C21H30N2O4/c1-20(2,3)26-18(24)16-23-14-11-21(27-19(23)25)9-12-22(13-10-21)15-17-7-5-4-6-8-17/h4-8H,9-16H2,1-3H3. The van der Waals surface area contributed by atoms with E-state index in [4.69, 9.17) is 9.47 Å². The van der Waals surface area contributed by atoms with Gasteiger partial charge in [0.25, 0.3) is 0 Å². The Morgan fingerprint density at radius 3 is 2.33 bits per heavy atom. The molecule has 6 heteroatoms. The smallest absolute Gasteiger partial charge is 0.410 e. The predicted molar refractivity (Wildman–Crippen MR) is 102 cm³/mol. The summed E-state index contributed by atoms with van der Waals surface area (Å²) >= 11 is 0. The molecule has 0 aliphatic carbocycles. The van der Waals surface area contributed by atoms with Crippen LogP contribution in [0.2, 0.25) is 0 Å². The van der Waals surface area contributed by atoms with Crippen LogP contribution in [0.5, 0.6) is 0 Å². The van der Waals surface area contributed by atoms with Gasteiger partial charge in [0.15, 0.2) is 0 Å². The van der Waals surface area contributed by atoms with Crippen LogP contribution in [0, 0.1) is 0 Å². The molecule has 1 amide bonds. The molecule has 0 saturated carbocycles. The minimum Gasteiger partial charge on any atom is -0.459 e. The van der Waals surface area contributed by atoms with Crippen LogP contribution in [0.15, 0.2) is 30.3 Å². The van der Waals surface area contributed by atoms with Crippen molar-refractivity contribution in [2.24, 2.45) is 0 Å². The van der Waals surface area contributed by atoms with Gasteiger partial charge in [0.05, 0.1) is 0 Å². The van der Waals surface area contributed by atoms with E-state index in [-0.39, 0.29) is 12.1 Å². The van der Waals surface area contributed by atoms with E-state index < -0.39 is 17.7 Å². The highest BCUT2D eigenvalue weighted by Crippen LogP contribution is 2.34. The molecule has 148 valence electrons. The number of hydrogen-bond donors (Lipinski definition) is 0. The number of hydrogen-bond acceptors (Lipinski definition) is 5. The van der Waals surface area contributed by atoms with Crippen LogP contribution in [0.4, 0.5) is 4.79 Å². The Balaban J connectivity index is 1.48. The largest absolute Gasteiger partial charge is 0.459 e. The van der Waals surface area contributed by atoms with Gasteiger partial charge < -0.3 is 9.47 Å². The van der Waals surface area contributed by atoms with Crippen molar-refractivity contribution < 1.29 is 19.1 Å². The van der Waals surface area contributed by atoms with E-state index in [9.17, 15) is 9.59 Å². The van der Waals surface area contributed by atoms with E-state index in [1.165, 1.54) is 10.5 Å². The zero-order valence-electron chi connectivity index (χ0n) is 16.6. The van der Waals surface area contributed by atoms with Crippen molar-refractivity contribution in [3.8, 4) is 0 Å². The zero-order valence-corrected chi connectivity index (χ0v) is 16.6. The molecular formula is C21H30N2O4. The highest BCUT2D eigenvalue weighted by Gasteiger charge is 2.43. The summed E-state index contributed by atoms with van der Waals surface area (Å²) in [6.45, 7) is 8.69. The van der Waals surface area contributed by atoms with Gasteiger partial charge in [0, 0.05) is 45.4 Å². The summed E-state index contributed by atoms with van der Waals surface area (Å²) < 4.78 is 11.1. The molecule has 0 atom stereocenters. The monoisotopic (exact) mass is 374 g/mol. The molecule has 27 heavy (non-hydrogen) atoms. The van der Waals surface area contributed by atoms with Crippen molar-refractivity contribution >= 4 is 12.1 Å². The van der Waals surface area contributed by atoms with Crippen LogP contribution in [0.25, 0.3) is 0 Å². The third-order valence-electron chi connectivity index (χ3n) is 5.16. The maximum atomic E-state index is 12.4. The van der Waals surface area contributed by atoms with Gasteiger partial charge in [-0.15, -0.1) is 0 Å². The number of esters is 1. The summed E-state index contributed by atoms with van der Waals surface area (Å²) in [5.74, 6) is -0.395. The van der Waals surface area contributed by atoms with Crippen molar-refractivity contribution in [1.29, 1.82) is 0 Å². The minimum absolute atomic E-state index is 0.0493. The zero-order chi connectivity index (χ0) is 19.5. The van der Waals surface area contributed by atoms with E-state index >= 15 is 0 Å². The molecule has 2 fully saturated rings. The van der Waals surface area contributed by atoms with Gasteiger partial charge in [-0.25, -0.2) is 4.79 Å². The quantitative estimate of drug-likeness (QED) is 0.758. The van der Waals surface area contributed by atoms with Gasteiger partial charge in [0.1, 0.15) is 17.7 Å². The van der Waals surface area contributed by atoms with Gasteiger partial charge in [-0.05, 0) is 26.3 Å². The van der Waals surface area contributed by atoms with Crippen molar-refractivity contribution in [2.45, 2.75) is 57.8 Å². The Morgan fingerprint density at radius 2 is 1.74 bits per heavy atom. The number of nitrogens with zero attached hydrogens (tertiary/aromatic N) is 2. The number of benzene rings is 1. The SMILES string of the molecule is CC(C)(C)OC(=O)CN1CCC2(CCN(Cc3ccccc3)CC2)OC1=O. The van der Waals surface area contributed by atoms with Crippen molar-refractivity contribution in [3.63, 3.8) is 0 Å². The molecule has 2 heterocycles. The number of carbonyl (C=O) groups is 2. The summed E-state index contributed by atoms with van der Waals surface area (Å²) in [6, 6.07) is 10.4. The summed E-state index contributed by atoms with van der Waals surface area (Å²) in [5.41, 5.74) is 0.371. The van der Waals surface area contributed by atoms with Crippen molar-refractivity contribution in [3.05, 3.63) is 35.9 Å². The molecule has 0 radical (unpaired) electrons. The molecule has 2 saturated heterocycles. The second-order valence-corrected chi connectivity index (χ2v) is 8.57. The van der Waals surface area contributed by atoms with Crippen molar-refractivity contribution in [2.75, 3.05) is 26.2 Å². The molecule has 0 unspecified atom stereocenters. The van der Waals surface area contributed by atoms with Crippen LogP contribution >= 0.6 is 0 Å². The first-order valence-corrected chi connectivity index (χ1v) is 9.71. The normalized spacial score (nSPS) is 20.4. The average Bonchev–Trinajstić information content (AvgIpc) is 2.59. The molecule has 2 aliphatic rings. The first-order chi connectivity index (χ1) is 12.7. The van der Waals surface area contributed by atoms with Crippen LogP contribution in [0.1, 0.15) is 45.6 Å². The van der Waals surface area contributed by atoms with Gasteiger partial charge in [-0.2, -0.15) is 0 Å². The Hall–Kier alpha value is -2.08. The lowest BCUT2D eigenvalue weighted by atomic mass is 9.86. The Morgan fingerprint density at radius 1 is 1.11 bits per heavy atom. The highest BCUT2D eigenvalue weighted by atomic mass is 16.6. The van der Waals surface area contributed by atoms with Crippen LogP contribution < -0.4 is 0 Å². The van der Waals surface area contributed by atoms with E-state index in [2.05, 4.69) is 29.2 Å². The first kappa shape index (κ1) is 19.7. The fraction of sp³-hybridized carbons (Fsp3) is 0.619. The Bertz CT molecular complexity index is 661. The van der Waals surface area contributed by atoms with Gasteiger partial charge >= 0.3 is 12.1 Å². The first-order valence-electron chi connectivity index (χ1n) is 9.71. The van der Waals surface area contributed by atoms with E-state index in [1.54, 1.807) is 0 Å². The molecule has 0 bridgehead atoms. The lowest BCUT2D eigenvalue weighted by molar-refractivity contribution is -0.157. The van der Waals surface area contributed by atoms with Gasteiger partial charge in [0.2, 0.25) is 0 Å². The summed E-state index contributed by atoms with van der Waals surface area (Å²) in [6.07, 6.45) is 2.04. The topological polar surface area (TPSA) is 59.1 Å². The van der Waals surface area contributed by atoms with E-state index in [0.29, 0.717) is 6.54 Å². The molecule has 0 N–H and O–H groups in total. The third kappa shape index (κ3) is 5.45. The molecule has 3 rings (SSSR count). The maximum Gasteiger partial charge on any atom is 0.410 e. The second-order valence-electron chi connectivity index (χ2n) is 8.57. The number of rotatable bonds is 4. The number of likely N-dealkylation sites (tertiary alicyclic amines) is 1. The second kappa shape index (κ2) is 7.89. The number of ether oxygens (including phenoxy) is 2. The lowest BCUT2D eigenvalue weighted by Crippen LogP contribution is -2.55. The van der Waals surface area contributed by atoms with E-state index in [0.717, 1.165) is 38.9 Å². The maximum absolute atomic E-state index is 12.4. The van der Waals surface area contributed by atoms with E-state index in [1.807, 2.05) is 26.8 Å². The number of amides is 1. The Labute approximate surface area is 161 Å². The predicted octanol–water partition coefficient (Wildman–Crippen LogP) is 3.21. The van der Waals surface area contributed by atoms with Crippen LogP contribution in [0.3, 0.4) is 0 Å². The summed E-state index contributed by atoms with van der Waals surface area (Å²) in [4.78, 5) is 28.3. The fourth-order valence-electron chi connectivity index (χ4n) is 3.72. The van der Waals surface area contributed by atoms with Gasteiger partial charge in [-0.3, -0.25) is 14.6 Å². The fourth-order valence-corrected chi connectivity index (χ4v) is 3.72. The summed E-state index contributed by atoms with van der Waals surface area (Å²) in [5, 5.41) is 0. The third-order valence-corrected chi connectivity index (χ3v) is 5.16. The minimum atomic E-state index is -0.552. The van der Waals surface area contributed by atoms with Crippen molar-refractivity contribution in [1.82, 2.24) is 9.80 Å². The van der Waals surface area contributed by atoms with Crippen LogP contribution in [-0.2, 0) is 20.8 Å². The molecular weight excluding hydrogens is 344 g/mol. The molecule has 0 aromatic heterocycles. The lowest BCUT2D eigenvalue weighted by Gasteiger charge is -2.45. The van der Waals surface area contributed by atoms with Crippen LogP contribution in [-0.4, -0.2) is 59.2 Å². The number of carbonyl (C=O) groups excluding carboxylic acids is 2. The highest BCUT2D eigenvalue weighted by molar-refractivity contribution is 5.78. The molecule has 1 aromatic carbocycles. The van der Waals surface area contributed by atoms with Gasteiger partial charge in [-0.1, -0.05) is 30.3 Å². The Kier molecular flexibility index (Phi) is 5.75. The molecule has 1 spiro atoms. The molecule has 2 aliphatic heterocycles. The summed E-state index contributed by atoms with van der Waals surface area (Å²) in [7, 11) is 0. The molecule has 6 nitrogen and oxygen atoms in total. The molecule has 1 aromatic rings. The number of piperidine rings is 1. The average molecular weight is 374 g/mol.